The first-order valence-electron chi connectivity index (χ1n) is 9.05. The minimum Gasteiger partial charge on any atom is -0.393 e. The van der Waals surface area contributed by atoms with E-state index in [2.05, 4.69) is 29.3 Å². The summed E-state index contributed by atoms with van der Waals surface area (Å²) in [6.07, 6.45) is 0.844. The van der Waals surface area contributed by atoms with Crippen molar-refractivity contribution in [3.63, 3.8) is 0 Å². The predicted octanol–water partition coefficient (Wildman–Crippen LogP) is 2.82. The standard InChI is InChI=1S/C20H24N4O3/c1-14-12-23(13-15-5-3-2-4-6-15)10-9-18(14)22-20(25)16-7-8-17(21)19(11-16)24(26)27/h2-8,11,14,18H,9-10,12-13,21H2,1H3,(H,22,25). The van der Waals surface area contributed by atoms with Gasteiger partial charge in [-0.1, -0.05) is 37.3 Å². The second-order valence-electron chi connectivity index (χ2n) is 7.10. The normalized spacial score (nSPS) is 20.2. The molecule has 1 fully saturated rings. The van der Waals surface area contributed by atoms with E-state index < -0.39 is 4.92 Å². The van der Waals surface area contributed by atoms with Crippen LogP contribution >= 0.6 is 0 Å². The van der Waals surface area contributed by atoms with Crippen LogP contribution in [0.1, 0.15) is 29.3 Å². The molecule has 2 unspecified atom stereocenters. The molecule has 7 nitrogen and oxygen atoms in total. The van der Waals surface area contributed by atoms with Gasteiger partial charge in [0.2, 0.25) is 0 Å². The van der Waals surface area contributed by atoms with Crippen LogP contribution < -0.4 is 11.1 Å². The third-order valence-corrected chi connectivity index (χ3v) is 5.04. The van der Waals surface area contributed by atoms with Gasteiger partial charge in [-0.3, -0.25) is 19.8 Å². The highest BCUT2D eigenvalue weighted by atomic mass is 16.6. The Bertz CT molecular complexity index is 825. The molecule has 27 heavy (non-hydrogen) atoms. The first kappa shape index (κ1) is 18.8. The third-order valence-electron chi connectivity index (χ3n) is 5.04. The molecule has 2 aromatic rings. The molecule has 1 heterocycles. The molecule has 0 bridgehead atoms. The summed E-state index contributed by atoms with van der Waals surface area (Å²) in [7, 11) is 0. The fourth-order valence-electron chi connectivity index (χ4n) is 3.53. The number of likely N-dealkylation sites (tertiary alicyclic amines) is 1. The van der Waals surface area contributed by atoms with Crippen molar-refractivity contribution in [2.24, 2.45) is 5.92 Å². The first-order chi connectivity index (χ1) is 12.9. The number of hydrogen-bond donors (Lipinski definition) is 2. The molecule has 0 aromatic heterocycles. The quantitative estimate of drug-likeness (QED) is 0.480. The zero-order chi connectivity index (χ0) is 19.4. The van der Waals surface area contributed by atoms with Gasteiger partial charge >= 0.3 is 0 Å². The van der Waals surface area contributed by atoms with Crippen molar-refractivity contribution in [2.45, 2.75) is 25.9 Å². The van der Waals surface area contributed by atoms with Gasteiger partial charge in [0.25, 0.3) is 11.6 Å². The molecule has 2 aromatic carbocycles. The predicted molar refractivity (Wildman–Crippen MR) is 104 cm³/mol. The number of hydrogen-bond acceptors (Lipinski definition) is 5. The summed E-state index contributed by atoms with van der Waals surface area (Å²) in [4.78, 5) is 25.4. The van der Waals surface area contributed by atoms with Crippen molar-refractivity contribution >= 4 is 17.3 Å². The fourth-order valence-corrected chi connectivity index (χ4v) is 3.53. The smallest absolute Gasteiger partial charge is 0.292 e. The summed E-state index contributed by atoms with van der Waals surface area (Å²) in [5, 5.41) is 14.0. The fraction of sp³-hybridized carbons (Fsp3) is 0.350. The van der Waals surface area contributed by atoms with Crippen LogP contribution in [0.15, 0.2) is 48.5 Å². The second kappa shape index (κ2) is 8.18. The van der Waals surface area contributed by atoms with Crippen molar-refractivity contribution in [3.8, 4) is 0 Å². The number of nitrogen functional groups attached to an aromatic ring is 1. The molecule has 1 amide bonds. The molecule has 0 aliphatic carbocycles. The van der Waals surface area contributed by atoms with E-state index in [1.807, 2.05) is 18.2 Å². The first-order valence-corrected chi connectivity index (χ1v) is 9.05. The van der Waals surface area contributed by atoms with E-state index in [4.69, 9.17) is 5.73 Å². The van der Waals surface area contributed by atoms with E-state index in [0.717, 1.165) is 26.1 Å². The van der Waals surface area contributed by atoms with Gasteiger partial charge in [0.05, 0.1) is 4.92 Å². The maximum absolute atomic E-state index is 12.5. The number of carbonyl (C=O) groups is 1. The summed E-state index contributed by atoms with van der Waals surface area (Å²) in [5.41, 5.74) is 6.95. The lowest BCUT2D eigenvalue weighted by molar-refractivity contribution is -0.383. The molecule has 3 N–H and O–H groups in total. The summed E-state index contributed by atoms with van der Waals surface area (Å²) in [6, 6.07) is 14.5. The zero-order valence-corrected chi connectivity index (χ0v) is 15.3. The highest BCUT2D eigenvalue weighted by molar-refractivity contribution is 5.95. The summed E-state index contributed by atoms with van der Waals surface area (Å²) >= 11 is 0. The number of nitro benzene ring substituents is 1. The highest BCUT2D eigenvalue weighted by Gasteiger charge is 2.28. The molecule has 0 saturated carbocycles. The van der Waals surface area contributed by atoms with E-state index in [0.29, 0.717) is 0 Å². The molecule has 1 saturated heterocycles. The molecule has 2 atom stereocenters. The third kappa shape index (κ3) is 4.62. The monoisotopic (exact) mass is 368 g/mol. The number of piperidine rings is 1. The van der Waals surface area contributed by atoms with Crippen molar-refractivity contribution in [2.75, 3.05) is 18.8 Å². The molecule has 1 aliphatic heterocycles. The minimum absolute atomic E-state index is 0.0427. The Hall–Kier alpha value is -2.93. The summed E-state index contributed by atoms with van der Waals surface area (Å²) < 4.78 is 0. The van der Waals surface area contributed by atoms with Gasteiger partial charge in [-0.2, -0.15) is 0 Å². The van der Waals surface area contributed by atoms with E-state index in [1.165, 1.54) is 23.8 Å². The molecule has 0 radical (unpaired) electrons. The lowest BCUT2D eigenvalue weighted by Gasteiger charge is -2.37. The Morgan fingerprint density at radius 1 is 1.30 bits per heavy atom. The SMILES string of the molecule is CC1CN(Cc2ccccc2)CCC1NC(=O)c1ccc(N)c([N+](=O)[O-])c1. The van der Waals surface area contributed by atoms with Crippen LogP contribution in [0.25, 0.3) is 0 Å². The largest absolute Gasteiger partial charge is 0.393 e. The average Bonchev–Trinajstić information content (AvgIpc) is 2.65. The maximum atomic E-state index is 12.5. The van der Waals surface area contributed by atoms with Gasteiger partial charge in [0, 0.05) is 37.3 Å². The lowest BCUT2D eigenvalue weighted by Crippen LogP contribution is -2.49. The maximum Gasteiger partial charge on any atom is 0.292 e. The Morgan fingerprint density at radius 3 is 2.70 bits per heavy atom. The Balaban J connectivity index is 1.59. The van der Waals surface area contributed by atoms with Gasteiger partial charge in [-0.15, -0.1) is 0 Å². The Kier molecular flexibility index (Phi) is 5.71. The van der Waals surface area contributed by atoms with E-state index >= 15 is 0 Å². The summed E-state index contributed by atoms with van der Waals surface area (Å²) in [5.74, 6) is -0.0124. The average molecular weight is 368 g/mol. The number of amides is 1. The van der Waals surface area contributed by atoms with Gasteiger partial charge in [-0.25, -0.2) is 0 Å². The number of nitrogens with zero attached hydrogens (tertiary/aromatic N) is 2. The van der Waals surface area contributed by atoms with Gasteiger partial charge in [0.15, 0.2) is 0 Å². The number of nitrogens with two attached hydrogens (primary N) is 1. The van der Waals surface area contributed by atoms with Crippen LogP contribution in [0.4, 0.5) is 11.4 Å². The van der Waals surface area contributed by atoms with E-state index in [1.54, 1.807) is 0 Å². The van der Waals surface area contributed by atoms with Crippen molar-refractivity contribution in [1.29, 1.82) is 0 Å². The van der Waals surface area contributed by atoms with Crippen molar-refractivity contribution in [1.82, 2.24) is 10.2 Å². The van der Waals surface area contributed by atoms with Crippen LogP contribution in [0.2, 0.25) is 0 Å². The highest BCUT2D eigenvalue weighted by Crippen LogP contribution is 2.23. The number of rotatable bonds is 5. The van der Waals surface area contributed by atoms with E-state index in [9.17, 15) is 14.9 Å². The number of anilines is 1. The van der Waals surface area contributed by atoms with Gasteiger partial charge in [-0.05, 0) is 30.0 Å². The number of carbonyl (C=O) groups excluding carboxylic acids is 1. The molecule has 7 heteroatoms. The van der Waals surface area contributed by atoms with Crippen LogP contribution in [0.3, 0.4) is 0 Å². The molecule has 1 aliphatic rings. The molecular formula is C20H24N4O3. The van der Waals surface area contributed by atoms with E-state index in [-0.39, 0.29) is 34.8 Å². The lowest BCUT2D eigenvalue weighted by atomic mass is 9.93. The van der Waals surface area contributed by atoms with Crippen molar-refractivity contribution < 1.29 is 9.72 Å². The minimum atomic E-state index is -0.573. The molecular weight excluding hydrogens is 344 g/mol. The number of nitro groups is 1. The van der Waals surface area contributed by atoms with Crippen LogP contribution in [0, 0.1) is 16.0 Å². The summed E-state index contributed by atoms with van der Waals surface area (Å²) in [6.45, 7) is 4.80. The van der Waals surface area contributed by atoms with Crippen LogP contribution in [0.5, 0.6) is 0 Å². The van der Waals surface area contributed by atoms with Gasteiger partial charge in [0.1, 0.15) is 5.69 Å². The topological polar surface area (TPSA) is 102 Å². The Labute approximate surface area is 158 Å². The van der Waals surface area contributed by atoms with Crippen LogP contribution in [-0.4, -0.2) is 34.9 Å². The molecule has 142 valence electrons. The number of benzene rings is 2. The zero-order valence-electron chi connectivity index (χ0n) is 15.3. The molecule has 0 spiro atoms. The van der Waals surface area contributed by atoms with Crippen LogP contribution in [-0.2, 0) is 6.54 Å². The Morgan fingerprint density at radius 2 is 2.04 bits per heavy atom. The molecule has 3 rings (SSSR count). The van der Waals surface area contributed by atoms with Gasteiger partial charge < -0.3 is 11.1 Å². The van der Waals surface area contributed by atoms with Crippen molar-refractivity contribution in [3.05, 3.63) is 69.8 Å². The second-order valence-corrected chi connectivity index (χ2v) is 7.10. The number of nitrogens with one attached hydrogen (secondary N) is 1.